The summed E-state index contributed by atoms with van der Waals surface area (Å²) in [6.07, 6.45) is 7.15. The van der Waals surface area contributed by atoms with Crippen LogP contribution < -0.4 is 4.74 Å². The summed E-state index contributed by atoms with van der Waals surface area (Å²) < 4.78 is 6.01. The lowest BCUT2D eigenvalue weighted by atomic mass is 9.49. The minimum Gasteiger partial charge on any atom is -0.424 e. The van der Waals surface area contributed by atoms with Crippen molar-refractivity contribution >= 4 is 5.97 Å². The van der Waals surface area contributed by atoms with Crippen molar-refractivity contribution in [2.45, 2.75) is 71.6 Å². The van der Waals surface area contributed by atoms with Crippen LogP contribution in [0.4, 0.5) is 0 Å². The molecule has 24 heavy (non-hydrogen) atoms. The minimum absolute atomic E-state index is 0.0118. The molecule has 4 fully saturated rings. The Morgan fingerprint density at radius 3 is 2.12 bits per heavy atom. The largest absolute Gasteiger partial charge is 0.424 e. The molecule has 3 nitrogen and oxygen atoms in total. The van der Waals surface area contributed by atoms with E-state index in [-0.39, 0.29) is 16.8 Å². The molecular weight excluding hydrogens is 298 g/mol. The Hall–Kier alpha value is -1.38. The number of hydrogen-bond acceptors (Lipinski definition) is 3. The first kappa shape index (κ1) is 16.1. The zero-order valence-corrected chi connectivity index (χ0v) is 15.4. The van der Waals surface area contributed by atoms with Gasteiger partial charge in [-0.05, 0) is 75.3 Å². The molecule has 0 saturated heterocycles. The summed E-state index contributed by atoms with van der Waals surface area (Å²) in [5.74, 6) is 2.93. The maximum atomic E-state index is 13.2. The molecular formula is C21H29NO2. The monoisotopic (exact) mass is 327 g/mol. The Morgan fingerprint density at radius 1 is 1.08 bits per heavy atom. The highest BCUT2D eigenvalue weighted by molar-refractivity contribution is 5.80. The van der Waals surface area contributed by atoms with Gasteiger partial charge in [0.15, 0.2) is 5.75 Å². The maximum Gasteiger partial charge on any atom is 0.317 e. The van der Waals surface area contributed by atoms with Crippen LogP contribution in [0.3, 0.4) is 0 Å². The smallest absolute Gasteiger partial charge is 0.317 e. The van der Waals surface area contributed by atoms with Crippen LogP contribution in [0.25, 0.3) is 0 Å². The molecule has 5 rings (SSSR count). The molecule has 0 N–H and O–H groups in total. The van der Waals surface area contributed by atoms with E-state index in [2.05, 4.69) is 25.8 Å². The van der Waals surface area contributed by atoms with Gasteiger partial charge in [0, 0.05) is 11.1 Å². The van der Waals surface area contributed by atoms with Crippen molar-refractivity contribution < 1.29 is 9.53 Å². The van der Waals surface area contributed by atoms with Crippen LogP contribution in [-0.4, -0.2) is 11.0 Å². The fraction of sp³-hybridized carbons (Fsp3) is 0.714. The van der Waals surface area contributed by atoms with Crippen molar-refractivity contribution in [1.82, 2.24) is 4.98 Å². The Bertz CT molecular complexity index is 636. The number of nitrogens with zero attached hydrogens (tertiary/aromatic N) is 1. The predicted octanol–water partition coefficient (Wildman–Crippen LogP) is 4.81. The summed E-state index contributed by atoms with van der Waals surface area (Å²) in [4.78, 5) is 17.8. The fourth-order valence-corrected chi connectivity index (χ4v) is 5.73. The van der Waals surface area contributed by atoms with Gasteiger partial charge in [-0.3, -0.25) is 9.78 Å². The molecule has 0 atom stereocenters. The molecule has 1 aromatic heterocycles. The van der Waals surface area contributed by atoms with Gasteiger partial charge in [0.1, 0.15) is 0 Å². The first-order chi connectivity index (χ1) is 11.2. The van der Waals surface area contributed by atoms with Crippen LogP contribution in [0.2, 0.25) is 0 Å². The van der Waals surface area contributed by atoms with Crippen LogP contribution in [0.15, 0.2) is 12.1 Å². The van der Waals surface area contributed by atoms with E-state index in [1.165, 1.54) is 19.3 Å². The van der Waals surface area contributed by atoms with Crippen LogP contribution in [-0.2, 0) is 10.2 Å². The van der Waals surface area contributed by atoms with Gasteiger partial charge >= 0.3 is 5.97 Å². The molecule has 0 amide bonds. The molecule has 4 aliphatic carbocycles. The normalized spacial score (nSPS) is 34.4. The first-order valence-electron chi connectivity index (χ1n) is 9.46. The van der Waals surface area contributed by atoms with E-state index in [0.717, 1.165) is 48.4 Å². The van der Waals surface area contributed by atoms with Crippen LogP contribution >= 0.6 is 0 Å². The molecule has 4 saturated carbocycles. The summed E-state index contributed by atoms with van der Waals surface area (Å²) in [7, 11) is 0. The van der Waals surface area contributed by atoms with Crippen molar-refractivity contribution in [2.24, 2.45) is 23.2 Å². The van der Waals surface area contributed by atoms with Crippen LogP contribution in [0.5, 0.6) is 5.75 Å². The molecule has 130 valence electrons. The van der Waals surface area contributed by atoms with E-state index < -0.39 is 0 Å². The van der Waals surface area contributed by atoms with E-state index in [4.69, 9.17) is 4.74 Å². The number of carbonyl (C=O) groups excluding carboxylic acids is 1. The average Bonchev–Trinajstić information content (AvgIpc) is 2.46. The summed E-state index contributed by atoms with van der Waals surface area (Å²) >= 11 is 0. The van der Waals surface area contributed by atoms with Gasteiger partial charge < -0.3 is 4.74 Å². The number of aromatic nitrogens is 1. The van der Waals surface area contributed by atoms with E-state index in [1.54, 1.807) is 0 Å². The number of carbonyl (C=O) groups is 1. The average molecular weight is 327 g/mol. The molecule has 0 spiro atoms. The second kappa shape index (κ2) is 5.31. The second-order valence-electron chi connectivity index (χ2n) is 9.64. The Balaban J connectivity index is 1.61. The molecule has 3 heteroatoms. The van der Waals surface area contributed by atoms with E-state index >= 15 is 0 Å². The number of pyridine rings is 1. The van der Waals surface area contributed by atoms with Gasteiger partial charge in [-0.15, -0.1) is 0 Å². The summed E-state index contributed by atoms with van der Waals surface area (Å²) in [6, 6.07) is 3.87. The van der Waals surface area contributed by atoms with Crippen LogP contribution in [0.1, 0.15) is 70.7 Å². The van der Waals surface area contributed by atoms with E-state index in [9.17, 15) is 4.79 Å². The lowest BCUT2D eigenvalue weighted by Gasteiger charge is -2.55. The number of hydrogen-bond donors (Lipinski definition) is 0. The highest BCUT2D eigenvalue weighted by Gasteiger charge is 2.55. The van der Waals surface area contributed by atoms with Crippen molar-refractivity contribution in [3.8, 4) is 5.75 Å². The van der Waals surface area contributed by atoms with Gasteiger partial charge in [-0.1, -0.05) is 20.8 Å². The molecule has 4 aliphatic rings. The molecule has 0 aliphatic heterocycles. The second-order valence-corrected chi connectivity index (χ2v) is 9.64. The van der Waals surface area contributed by atoms with Gasteiger partial charge in [0.05, 0.1) is 11.1 Å². The third-order valence-electron chi connectivity index (χ3n) is 6.38. The van der Waals surface area contributed by atoms with Crippen molar-refractivity contribution in [1.29, 1.82) is 0 Å². The highest BCUT2D eigenvalue weighted by Crippen LogP contribution is 2.60. The summed E-state index contributed by atoms with van der Waals surface area (Å²) in [6.45, 7) is 8.35. The molecule has 0 aromatic carbocycles. The van der Waals surface area contributed by atoms with E-state index in [1.807, 2.05) is 19.1 Å². The Kier molecular flexibility index (Phi) is 3.56. The lowest BCUT2D eigenvalue weighted by Crippen LogP contribution is -2.51. The third-order valence-corrected chi connectivity index (χ3v) is 6.38. The molecule has 4 bridgehead atoms. The third kappa shape index (κ3) is 2.66. The standard InChI is InChI=1S/C21H29NO2/c1-13-5-6-17(18(22-13)20(2,3)4)24-19(23)21-10-14-7-15(11-21)9-16(8-14)12-21/h5-6,14-16H,7-12H2,1-4H3. The number of esters is 1. The fourth-order valence-electron chi connectivity index (χ4n) is 5.73. The number of aryl methyl sites for hydroxylation is 1. The molecule has 1 aromatic rings. The van der Waals surface area contributed by atoms with E-state index in [0.29, 0.717) is 5.75 Å². The Labute approximate surface area is 145 Å². The topological polar surface area (TPSA) is 39.2 Å². The Morgan fingerprint density at radius 2 is 1.62 bits per heavy atom. The summed E-state index contributed by atoms with van der Waals surface area (Å²) in [5.41, 5.74) is 1.51. The van der Waals surface area contributed by atoms with Gasteiger partial charge in [-0.25, -0.2) is 0 Å². The van der Waals surface area contributed by atoms with Crippen molar-refractivity contribution in [3.05, 3.63) is 23.5 Å². The highest BCUT2D eigenvalue weighted by atomic mass is 16.5. The van der Waals surface area contributed by atoms with Gasteiger partial charge in [-0.2, -0.15) is 0 Å². The van der Waals surface area contributed by atoms with Gasteiger partial charge in [0.2, 0.25) is 0 Å². The quantitative estimate of drug-likeness (QED) is 0.732. The van der Waals surface area contributed by atoms with Crippen molar-refractivity contribution in [2.75, 3.05) is 0 Å². The van der Waals surface area contributed by atoms with Crippen molar-refractivity contribution in [3.63, 3.8) is 0 Å². The zero-order valence-electron chi connectivity index (χ0n) is 15.4. The minimum atomic E-state index is -0.214. The first-order valence-corrected chi connectivity index (χ1v) is 9.46. The van der Waals surface area contributed by atoms with Gasteiger partial charge in [0.25, 0.3) is 0 Å². The maximum absolute atomic E-state index is 13.2. The molecule has 1 heterocycles. The predicted molar refractivity (Wildman–Crippen MR) is 93.9 cm³/mol. The number of ether oxygens (including phenoxy) is 1. The lowest BCUT2D eigenvalue weighted by molar-refractivity contribution is -0.161. The zero-order chi connectivity index (χ0) is 17.1. The molecule has 0 radical (unpaired) electrons. The molecule has 0 unspecified atom stereocenters. The van der Waals surface area contributed by atoms with Crippen LogP contribution in [0, 0.1) is 30.1 Å². The number of rotatable bonds is 2. The SMILES string of the molecule is Cc1ccc(OC(=O)C23CC4CC(CC(C4)C2)C3)c(C(C)(C)C)n1. The summed E-state index contributed by atoms with van der Waals surface area (Å²) in [5, 5.41) is 0.